The molecule has 0 aromatic heterocycles. The van der Waals surface area contributed by atoms with Gasteiger partial charge in [-0.05, 0) is 54.9 Å². The number of aliphatic carboxylic acids is 1. The molecule has 0 heterocycles. The van der Waals surface area contributed by atoms with Crippen molar-refractivity contribution < 1.29 is 19.4 Å². The second-order valence-corrected chi connectivity index (χ2v) is 7.62. The van der Waals surface area contributed by atoms with E-state index < -0.39 is 11.9 Å². The number of benzene rings is 2. The number of carbonyl (C=O) groups is 2. The number of aryl methyl sites for hydroxylation is 1. The van der Waals surface area contributed by atoms with E-state index in [1.807, 2.05) is 43.3 Å². The molecule has 1 aliphatic rings. The van der Waals surface area contributed by atoms with E-state index in [1.54, 1.807) is 7.11 Å². The summed E-state index contributed by atoms with van der Waals surface area (Å²) < 4.78 is 5.71. The monoisotopic (exact) mass is 380 g/mol. The molecule has 1 N–H and O–H groups in total. The summed E-state index contributed by atoms with van der Waals surface area (Å²) in [6.07, 6.45) is 4.88. The maximum absolute atomic E-state index is 13.6. The maximum atomic E-state index is 13.6. The summed E-state index contributed by atoms with van der Waals surface area (Å²) in [6.45, 7) is 1.96. The van der Waals surface area contributed by atoms with Crippen molar-refractivity contribution in [2.75, 3.05) is 7.11 Å². The minimum atomic E-state index is -0.891. The van der Waals surface area contributed by atoms with Gasteiger partial charge < -0.3 is 9.84 Å². The standard InChI is InChI=1S/C24H28O4/c1-16-8-3-6-11-18(16)20(14-15-22(25)26)23(27)21-13-7-12-19(24(21)28-2)17-9-4-5-10-17/h3,6-8,11-13,17,20H,4-5,9-10,14-15H2,1-2H3,(H,25,26). The maximum Gasteiger partial charge on any atom is 0.303 e. The van der Waals surface area contributed by atoms with Gasteiger partial charge >= 0.3 is 5.97 Å². The zero-order chi connectivity index (χ0) is 20.1. The highest BCUT2D eigenvalue weighted by Gasteiger charge is 2.29. The van der Waals surface area contributed by atoms with Crippen LogP contribution in [0.2, 0.25) is 0 Å². The van der Waals surface area contributed by atoms with Gasteiger partial charge in [0.2, 0.25) is 0 Å². The second kappa shape index (κ2) is 9.05. The molecule has 1 saturated carbocycles. The number of para-hydroxylation sites is 1. The molecule has 1 unspecified atom stereocenters. The molecule has 1 aliphatic carbocycles. The van der Waals surface area contributed by atoms with Crippen molar-refractivity contribution in [3.8, 4) is 5.75 Å². The van der Waals surface area contributed by atoms with Gasteiger partial charge in [-0.2, -0.15) is 0 Å². The Labute approximate surface area is 166 Å². The second-order valence-electron chi connectivity index (χ2n) is 7.62. The smallest absolute Gasteiger partial charge is 0.303 e. The number of ketones is 1. The van der Waals surface area contributed by atoms with E-state index in [0.29, 0.717) is 17.2 Å². The van der Waals surface area contributed by atoms with Gasteiger partial charge in [0.05, 0.1) is 12.7 Å². The van der Waals surface area contributed by atoms with E-state index in [-0.39, 0.29) is 18.6 Å². The molecule has 0 saturated heterocycles. The number of carboxylic acids is 1. The Balaban J connectivity index is 2.01. The molecule has 0 bridgehead atoms. The number of carboxylic acid groups (broad SMARTS) is 1. The molecular formula is C24H28O4. The van der Waals surface area contributed by atoms with Crippen LogP contribution in [0.5, 0.6) is 5.75 Å². The number of methoxy groups -OCH3 is 1. The van der Waals surface area contributed by atoms with Crippen LogP contribution in [-0.4, -0.2) is 24.0 Å². The lowest BCUT2D eigenvalue weighted by molar-refractivity contribution is -0.137. The number of Topliss-reactive ketones (excluding diaryl/α,β-unsaturated/α-hetero) is 1. The van der Waals surface area contributed by atoms with Gasteiger partial charge in [0, 0.05) is 12.3 Å². The van der Waals surface area contributed by atoms with E-state index in [1.165, 1.54) is 12.8 Å². The minimum Gasteiger partial charge on any atom is -0.496 e. The Morgan fingerprint density at radius 1 is 1.11 bits per heavy atom. The highest BCUT2D eigenvalue weighted by Crippen LogP contribution is 2.41. The molecule has 0 spiro atoms. The van der Waals surface area contributed by atoms with Crippen molar-refractivity contribution in [1.29, 1.82) is 0 Å². The molecule has 4 heteroatoms. The van der Waals surface area contributed by atoms with Crippen molar-refractivity contribution in [1.82, 2.24) is 0 Å². The highest BCUT2D eigenvalue weighted by molar-refractivity contribution is 6.04. The lowest BCUT2D eigenvalue weighted by Gasteiger charge is -2.22. The number of rotatable bonds is 8. The molecule has 28 heavy (non-hydrogen) atoms. The van der Waals surface area contributed by atoms with E-state index >= 15 is 0 Å². The van der Waals surface area contributed by atoms with Crippen LogP contribution in [0.4, 0.5) is 0 Å². The molecule has 1 fully saturated rings. The van der Waals surface area contributed by atoms with Gasteiger partial charge in [-0.15, -0.1) is 0 Å². The molecule has 0 radical (unpaired) electrons. The van der Waals surface area contributed by atoms with Crippen LogP contribution < -0.4 is 4.74 Å². The molecule has 2 aromatic rings. The van der Waals surface area contributed by atoms with Crippen molar-refractivity contribution in [2.45, 2.75) is 57.3 Å². The van der Waals surface area contributed by atoms with Gasteiger partial charge in [-0.25, -0.2) is 0 Å². The fourth-order valence-electron chi connectivity index (χ4n) is 4.40. The van der Waals surface area contributed by atoms with Crippen LogP contribution >= 0.6 is 0 Å². The van der Waals surface area contributed by atoms with Crippen molar-refractivity contribution in [2.24, 2.45) is 0 Å². The molecule has 4 nitrogen and oxygen atoms in total. The first-order valence-corrected chi connectivity index (χ1v) is 10.0. The lowest BCUT2D eigenvalue weighted by atomic mass is 9.83. The summed E-state index contributed by atoms with van der Waals surface area (Å²) in [7, 11) is 1.62. The Morgan fingerprint density at radius 3 is 2.46 bits per heavy atom. The molecule has 3 rings (SSSR count). The highest BCUT2D eigenvalue weighted by atomic mass is 16.5. The van der Waals surface area contributed by atoms with Gasteiger partial charge in [0.1, 0.15) is 5.75 Å². The average Bonchev–Trinajstić information content (AvgIpc) is 3.23. The molecular weight excluding hydrogens is 352 g/mol. The average molecular weight is 380 g/mol. The number of hydrogen-bond donors (Lipinski definition) is 1. The summed E-state index contributed by atoms with van der Waals surface area (Å²) in [5.41, 5.74) is 3.55. The summed E-state index contributed by atoms with van der Waals surface area (Å²) in [5.74, 6) is -0.359. The summed E-state index contributed by atoms with van der Waals surface area (Å²) in [5, 5.41) is 9.18. The van der Waals surface area contributed by atoms with E-state index in [4.69, 9.17) is 4.74 Å². The van der Waals surface area contributed by atoms with Crippen molar-refractivity contribution >= 4 is 11.8 Å². The minimum absolute atomic E-state index is 0.0463. The molecule has 148 valence electrons. The molecule has 1 atom stereocenters. The number of carbonyl (C=O) groups excluding carboxylic acids is 1. The van der Waals surface area contributed by atoms with E-state index in [0.717, 1.165) is 29.5 Å². The Hall–Kier alpha value is -2.62. The van der Waals surface area contributed by atoms with Crippen LogP contribution in [0.25, 0.3) is 0 Å². The predicted molar refractivity (Wildman–Crippen MR) is 109 cm³/mol. The summed E-state index contributed by atoms with van der Waals surface area (Å²) in [4.78, 5) is 24.8. The quantitative estimate of drug-likeness (QED) is 0.615. The van der Waals surface area contributed by atoms with Crippen LogP contribution in [-0.2, 0) is 4.79 Å². The fourth-order valence-corrected chi connectivity index (χ4v) is 4.40. The van der Waals surface area contributed by atoms with E-state index in [9.17, 15) is 14.7 Å². The van der Waals surface area contributed by atoms with Crippen LogP contribution in [0.15, 0.2) is 42.5 Å². The van der Waals surface area contributed by atoms with Gasteiger partial charge in [0.15, 0.2) is 5.78 Å². The van der Waals surface area contributed by atoms with Crippen molar-refractivity contribution in [3.63, 3.8) is 0 Å². The SMILES string of the molecule is COc1c(C(=O)C(CCC(=O)O)c2ccccc2C)cccc1C1CCCC1. The Morgan fingerprint density at radius 2 is 1.82 bits per heavy atom. The van der Waals surface area contributed by atoms with Crippen molar-refractivity contribution in [3.05, 3.63) is 64.7 Å². The first-order chi connectivity index (χ1) is 13.5. The largest absolute Gasteiger partial charge is 0.496 e. The molecule has 2 aromatic carbocycles. The third-order valence-electron chi connectivity index (χ3n) is 5.84. The topological polar surface area (TPSA) is 63.6 Å². The van der Waals surface area contributed by atoms with Crippen LogP contribution in [0.1, 0.15) is 77.4 Å². The Bertz CT molecular complexity index is 849. The predicted octanol–water partition coefficient (Wildman–Crippen LogP) is 5.49. The zero-order valence-corrected chi connectivity index (χ0v) is 16.6. The number of ether oxygens (including phenoxy) is 1. The first-order valence-electron chi connectivity index (χ1n) is 10.0. The Kier molecular flexibility index (Phi) is 6.50. The summed E-state index contributed by atoms with van der Waals surface area (Å²) >= 11 is 0. The van der Waals surface area contributed by atoms with Gasteiger partial charge in [-0.3, -0.25) is 9.59 Å². The van der Waals surface area contributed by atoms with Crippen LogP contribution in [0, 0.1) is 6.92 Å². The third kappa shape index (κ3) is 4.27. The summed E-state index contributed by atoms with van der Waals surface area (Å²) in [6, 6.07) is 13.5. The molecule has 0 aliphatic heterocycles. The third-order valence-corrected chi connectivity index (χ3v) is 5.84. The van der Waals surface area contributed by atoms with Crippen LogP contribution in [0.3, 0.4) is 0 Å². The fraction of sp³-hybridized carbons (Fsp3) is 0.417. The lowest BCUT2D eigenvalue weighted by Crippen LogP contribution is -2.17. The zero-order valence-electron chi connectivity index (χ0n) is 16.6. The molecule has 0 amide bonds. The van der Waals surface area contributed by atoms with Gasteiger partial charge in [-0.1, -0.05) is 49.2 Å². The van der Waals surface area contributed by atoms with Gasteiger partial charge in [0.25, 0.3) is 0 Å². The normalized spacial score (nSPS) is 15.4. The number of hydrogen-bond acceptors (Lipinski definition) is 3. The first kappa shape index (κ1) is 20.1. The van der Waals surface area contributed by atoms with E-state index in [2.05, 4.69) is 6.07 Å².